The number of phenolic OH excluding ortho intramolecular Hbond substituents is 3. The molecular weight excluding hydrogens is 875 g/mol. The molecule has 19 heteroatoms. The fraction of sp³-hybridized carbons (Fsp3) is 0.356. The normalized spacial score (nSPS) is 16.7. The van der Waals surface area contributed by atoms with Gasteiger partial charge in [0.15, 0.2) is 17.3 Å². The maximum atomic E-state index is 13.6. The van der Waals surface area contributed by atoms with Crippen LogP contribution in [0.4, 0.5) is 11.4 Å². The number of aliphatic hydroxyl groups is 2. The van der Waals surface area contributed by atoms with Crippen molar-refractivity contribution in [3.8, 4) is 46.0 Å². The molecule has 8 rings (SSSR count). The zero-order valence-electron chi connectivity index (χ0n) is 35.5. The van der Waals surface area contributed by atoms with Gasteiger partial charge in [-0.25, -0.2) is 0 Å². The Morgan fingerprint density at radius 2 is 1.23 bits per heavy atom. The Balaban J connectivity index is 0.000000234. The van der Waals surface area contributed by atoms with Crippen LogP contribution >= 0.6 is 24.8 Å². The molecule has 9 N–H and O–H groups in total. The fourth-order valence-electron chi connectivity index (χ4n) is 7.91. The molecule has 17 nitrogen and oxygen atoms in total. The summed E-state index contributed by atoms with van der Waals surface area (Å²) < 4.78 is 28.8. The van der Waals surface area contributed by atoms with E-state index in [0.29, 0.717) is 90.5 Å². The molecule has 3 heterocycles. The van der Waals surface area contributed by atoms with Crippen LogP contribution in [-0.4, -0.2) is 128 Å². The van der Waals surface area contributed by atoms with Gasteiger partial charge in [0.05, 0.1) is 61.2 Å². The highest BCUT2D eigenvalue weighted by Gasteiger charge is 2.46. The number of aliphatic hydroxyl groups excluding tert-OH is 2. The van der Waals surface area contributed by atoms with Gasteiger partial charge in [-0.15, -0.1) is 24.8 Å². The minimum atomic E-state index is -0.630. The number of ketones is 3. The molecule has 4 aromatic carbocycles. The van der Waals surface area contributed by atoms with E-state index in [0.717, 1.165) is 0 Å². The first-order chi connectivity index (χ1) is 29.8. The maximum absolute atomic E-state index is 13.6. The number of carbonyl (C=O) groups excluding carboxylic acids is 3. The number of hydrogen-bond acceptors (Lipinski definition) is 17. The second-order valence-electron chi connectivity index (χ2n) is 15.3. The van der Waals surface area contributed by atoms with Crippen molar-refractivity contribution in [2.24, 2.45) is 0 Å². The highest BCUT2D eigenvalue weighted by Crippen LogP contribution is 2.52. The topological polar surface area (TPSA) is 247 Å². The van der Waals surface area contributed by atoms with Gasteiger partial charge in [-0.2, -0.15) is 0 Å². The molecular formula is C45H52Cl2N4O13. The number of methoxy groups -OCH3 is 2. The van der Waals surface area contributed by atoms with Gasteiger partial charge in [0, 0.05) is 68.3 Å². The summed E-state index contributed by atoms with van der Waals surface area (Å²) in [6.45, 7) is 6.83. The van der Waals surface area contributed by atoms with Gasteiger partial charge < -0.3 is 70.5 Å². The van der Waals surface area contributed by atoms with Crippen molar-refractivity contribution in [1.82, 2.24) is 10.6 Å². The predicted octanol–water partition coefficient (Wildman–Crippen LogP) is 4.42. The quantitative estimate of drug-likeness (QED) is 0.0553. The number of benzene rings is 4. The van der Waals surface area contributed by atoms with Gasteiger partial charge in [-0.3, -0.25) is 14.4 Å². The first-order valence-electron chi connectivity index (χ1n) is 20.1. The summed E-state index contributed by atoms with van der Waals surface area (Å²) in [6.07, 6.45) is 3.23. The number of anilines is 2. The Hall–Kier alpha value is -5.95. The van der Waals surface area contributed by atoms with Crippen LogP contribution in [0.5, 0.6) is 46.0 Å². The van der Waals surface area contributed by atoms with Gasteiger partial charge in [0.25, 0.3) is 0 Å². The average Bonchev–Trinajstić information content (AvgIpc) is 3.25. The molecule has 2 atom stereocenters. The van der Waals surface area contributed by atoms with Crippen LogP contribution < -0.4 is 45.0 Å². The van der Waals surface area contributed by atoms with E-state index in [-0.39, 0.29) is 95.5 Å². The van der Waals surface area contributed by atoms with Crippen molar-refractivity contribution in [2.75, 3.05) is 83.9 Å². The lowest BCUT2D eigenvalue weighted by atomic mass is 9.80. The summed E-state index contributed by atoms with van der Waals surface area (Å²) in [6, 6.07) is 10.7. The molecule has 0 fully saturated rings. The molecule has 0 amide bonds. The molecule has 64 heavy (non-hydrogen) atoms. The molecule has 1 aliphatic carbocycles. The molecule has 0 bridgehead atoms. The van der Waals surface area contributed by atoms with Crippen LogP contribution in [0.15, 0.2) is 48.5 Å². The number of nitrogens with one attached hydrogen (secondary N) is 4. The zero-order chi connectivity index (χ0) is 44.3. The first-order valence-corrected chi connectivity index (χ1v) is 20.1. The molecule has 0 spiro atoms. The van der Waals surface area contributed by atoms with Crippen molar-refractivity contribution >= 4 is 59.6 Å². The molecule has 2 unspecified atom stereocenters. The number of hydrogen-bond donors (Lipinski definition) is 9. The summed E-state index contributed by atoms with van der Waals surface area (Å²) in [4.78, 5) is 40.3. The van der Waals surface area contributed by atoms with Crippen LogP contribution in [0.1, 0.15) is 73.1 Å². The number of Topliss-reactive ketones (excluding diaryl/α,β-unsaturated/α-hetero) is 1. The van der Waals surface area contributed by atoms with Crippen LogP contribution in [0, 0.1) is 0 Å². The van der Waals surface area contributed by atoms with Crippen LogP contribution in [0.3, 0.4) is 0 Å². The van der Waals surface area contributed by atoms with Crippen LogP contribution in [0.2, 0.25) is 0 Å². The van der Waals surface area contributed by atoms with Crippen LogP contribution in [-0.2, 0) is 0 Å². The van der Waals surface area contributed by atoms with Gasteiger partial charge >= 0.3 is 0 Å². The van der Waals surface area contributed by atoms with E-state index in [9.17, 15) is 29.7 Å². The lowest BCUT2D eigenvalue weighted by Gasteiger charge is -2.39. The number of aromatic hydroxyl groups is 3. The smallest absolute Gasteiger partial charge is 0.200 e. The molecule has 0 aromatic heterocycles. The molecule has 0 radical (unpaired) electrons. The Kier molecular flexibility index (Phi) is 15.9. The summed E-state index contributed by atoms with van der Waals surface area (Å²) in [5, 5.41) is 61.3. The van der Waals surface area contributed by atoms with Gasteiger partial charge in [0.2, 0.25) is 11.6 Å². The van der Waals surface area contributed by atoms with Gasteiger partial charge in [-0.05, 0) is 56.3 Å². The molecule has 0 saturated carbocycles. The molecule has 3 aliphatic heterocycles. The highest BCUT2D eigenvalue weighted by atomic mass is 35.5. The Morgan fingerprint density at radius 3 is 1.77 bits per heavy atom. The summed E-state index contributed by atoms with van der Waals surface area (Å²) in [5.41, 5.74) is 1.61. The van der Waals surface area contributed by atoms with E-state index in [2.05, 4.69) is 21.3 Å². The fourth-order valence-corrected chi connectivity index (χ4v) is 7.91. The van der Waals surface area contributed by atoms with Crippen molar-refractivity contribution in [2.45, 2.75) is 31.5 Å². The van der Waals surface area contributed by atoms with Crippen molar-refractivity contribution in [3.63, 3.8) is 0 Å². The zero-order valence-corrected chi connectivity index (χ0v) is 37.2. The van der Waals surface area contributed by atoms with Crippen molar-refractivity contribution in [1.29, 1.82) is 0 Å². The number of halogens is 2. The predicted molar refractivity (Wildman–Crippen MR) is 243 cm³/mol. The second kappa shape index (κ2) is 20.7. The summed E-state index contributed by atoms with van der Waals surface area (Å²) >= 11 is 0. The third kappa shape index (κ3) is 9.45. The maximum Gasteiger partial charge on any atom is 0.200 e. The SMILES string of the molecule is COc1cc2c(cc1OC)C1C(=O)c3c(O)cc4c(c3OC1CO2)C=CC(C)(C)O4.Cl.Cl.O=C1c2c(O)ccc(O)c2C(=O)c2c(NCCNCCO)ccc(NCCNCCO)c21. The third-order valence-electron chi connectivity index (χ3n) is 10.8. The van der Waals surface area contributed by atoms with E-state index >= 15 is 0 Å². The van der Waals surface area contributed by atoms with E-state index < -0.39 is 29.2 Å². The van der Waals surface area contributed by atoms with Crippen molar-refractivity contribution in [3.05, 3.63) is 87.5 Å². The lowest BCUT2D eigenvalue weighted by molar-refractivity contribution is 0.0547. The Morgan fingerprint density at radius 1 is 0.688 bits per heavy atom. The summed E-state index contributed by atoms with van der Waals surface area (Å²) in [7, 11) is 3.07. The highest BCUT2D eigenvalue weighted by molar-refractivity contribution is 6.33. The van der Waals surface area contributed by atoms with E-state index in [1.807, 2.05) is 26.0 Å². The minimum Gasteiger partial charge on any atom is -0.507 e. The molecule has 0 saturated heterocycles. The van der Waals surface area contributed by atoms with Crippen LogP contribution in [0.25, 0.3) is 6.08 Å². The van der Waals surface area contributed by atoms with Gasteiger partial charge in [-0.1, -0.05) is 0 Å². The number of ether oxygens (including phenoxy) is 5. The number of rotatable bonds is 14. The third-order valence-corrected chi connectivity index (χ3v) is 10.8. The molecule has 4 aliphatic rings. The Labute approximate surface area is 381 Å². The van der Waals surface area contributed by atoms with E-state index in [1.54, 1.807) is 31.4 Å². The van der Waals surface area contributed by atoms with Gasteiger partial charge in [0.1, 0.15) is 58.4 Å². The average molecular weight is 928 g/mol. The minimum absolute atomic E-state index is 0. The summed E-state index contributed by atoms with van der Waals surface area (Å²) in [5.74, 6) is -0.521. The second-order valence-corrected chi connectivity index (χ2v) is 15.3. The van der Waals surface area contributed by atoms with E-state index in [4.69, 9.17) is 33.9 Å². The Bertz CT molecular complexity index is 2370. The monoisotopic (exact) mass is 926 g/mol. The number of fused-ring (bicyclic) bond motifs is 8. The number of phenols is 3. The standard InChI is InChI=1S/C23H22O7.C22H28N4O6.2ClH/c1-23(2)6-5-11-15(30-23)8-13(24)20-21(25)19-12-7-16(26-3)17(27-4)9-14(12)28-10-18(19)29-22(11)20;27-11-9-23-5-7-25-13-1-2-14(26-8-6-24-10-12-28)18-17(13)21(31)19-15(29)3-4-16(30)20(19)22(18)32;;/h5-9,18-19,24H,10H2,1-4H3;1-4,23-30H,5-12H2;2*1H. The lowest BCUT2D eigenvalue weighted by Crippen LogP contribution is -2.43. The van der Waals surface area contributed by atoms with Crippen molar-refractivity contribution < 1.29 is 63.6 Å². The first kappa shape index (κ1) is 49.1. The number of carbonyl (C=O) groups is 3. The largest absolute Gasteiger partial charge is 0.507 e. The molecule has 344 valence electrons. The molecule has 4 aromatic rings. The van der Waals surface area contributed by atoms with E-state index in [1.165, 1.54) is 25.3 Å².